The number of hydrogen-bond donors (Lipinski definition) is 2. The molecule has 6 heteroatoms. The summed E-state index contributed by atoms with van der Waals surface area (Å²) in [5.41, 5.74) is 5.83. The molecule has 0 fully saturated rings. The van der Waals surface area contributed by atoms with Gasteiger partial charge in [0.2, 0.25) is 0 Å². The quantitative estimate of drug-likeness (QED) is 0.415. The van der Waals surface area contributed by atoms with Crippen molar-refractivity contribution in [2.75, 3.05) is 12.3 Å². The number of rotatable bonds is 9. The van der Waals surface area contributed by atoms with E-state index in [1.807, 2.05) is 0 Å². The van der Waals surface area contributed by atoms with Gasteiger partial charge in [0.1, 0.15) is 5.75 Å². The topological polar surface area (TPSA) is 89.6 Å². The molecule has 0 aliphatic carbocycles. The Morgan fingerprint density at radius 2 is 1.75 bits per heavy atom. The fourth-order valence-electron chi connectivity index (χ4n) is 1.90. The van der Waals surface area contributed by atoms with E-state index in [-0.39, 0.29) is 10.6 Å². The molecule has 0 aliphatic heterocycles. The van der Waals surface area contributed by atoms with Crippen LogP contribution in [-0.4, -0.2) is 19.6 Å². The number of anilines is 1. The van der Waals surface area contributed by atoms with E-state index in [1.165, 1.54) is 37.8 Å². The first-order valence-electron chi connectivity index (χ1n) is 6.94. The Labute approximate surface area is 120 Å². The Hall–Kier alpha value is -1.27. The second-order valence-corrected chi connectivity index (χ2v) is 6.25. The molecule has 0 heterocycles. The molecule has 20 heavy (non-hydrogen) atoms. The Morgan fingerprint density at radius 3 is 2.40 bits per heavy atom. The summed E-state index contributed by atoms with van der Waals surface area (Å²) in [5.74, 6) is 0.367. The zero-order valence-electron chi connectivity index (χ0n) is 11.8. The van der Waals surface area contributed by atoms with Crippen LogP contribution >= 0.6 is 0 Å². The normalized spacial score (nSPS) is 11.5. The lowest BCUT2D eigenvalue weighted by Crippen LogP contribution is -2.02. The average Bonchev–Trinajstić information content (AvgIpc) is 2.36. The summed E-state index contributed by atoms with van der Waals surface area (Å²) in [4.78, 5) is -0.240. The lowest BCUT2D eigenvalue weighted by molar-refractivity contribution is 0.303. The standard InChI is InChI=1S/C14H23NO4S/c1-2-3-4-5-6-7-8-19-13-9-12(15)10-14(11-13)20(16,17)18/h9-11H,2-8,15H2,1H3,(H,16,17,18). The summed E-state index contributed by atoms with van der Waals surface area (Å²) >= 11 is 0. The second-order valence-electron chi connectivity index (χ2n) is 4.83. The summed E-state index contributed by atoms with van der Waals surface area (Å²) in [6.45, 7) is 2.69. The molecule has 1 aromatic carbocycles. The van der Waals surface area contributed by atoms with E-state index in [9.17, 15) is 8.42 Å². The van der Waals surface area contributed by atoms with E-state index in [1.54, 1.807) is 6.07 Å². The maximum Gasteiger partial charge on any atom is 0.294 e. The number of hydrogen-bond acceptors (Lipinski definition) is 4. The second kappa shape index (κ2) is 8.11. The van der Waals surface area contributed by atoms with Gasteiger partial charge in [-0.3, -0.25) is 4.55 Å². The van der Waals surface area contributed by atoms with Gasteiger partial charge >= 0.3 is 0 Å². The molecule has 0 saturated heterocycles. The maximum atomic E-state index is 11.1. The number of unbranched alkanes of at least 4 members (excludes halogenated alkanes) is 5. The van der Waals surface area contributed by atoms with Gasteiger partial charge in [-0.05, 0) is 12.5 Å². The third kappa shape index (κ3) is 6.25. The monoisotopic (exact) mass is 301 g/mol. The third-order valence-corrected chi connectivity index (χ3v) is 3.80. The van der Waals surface area contributed by atoms with E-state index in [2.05, 4.69) is 6.92 Å². The molecule has 0 bridgehead atoms. The molecule has 0 aliphatic rings. The van der Waals surface area contributed by atoms with Crippen LogP contribution in [0.25, 0.3) is 0 Å². The third-order valence-electron chi connectivity index (χ3n) is 2.97. The number of nitrogens with two attached hydrogens (primary N) is 1. The molecular formula is C14H23NO4S. The van der Waals surface area contributed by atoms with Crippen LogP contribution in [0.2, 0.25) is 0 Å². The molecule has 1 rings (SSSR count). The Bertz CT molecular complexity index is 514. The summed E-state index contributed by atoms with van der Waals surface area (Å²) in [6, 6.07) is 4.03. The number of nitrogen functional groups attached to an aromatic ring is 1. The minimum atomic E-state index is -4.25. The minimum Gasteiger partial charge on any atom is -0.493 e. The van der Waals surface area contributed by atoms with Gasteiger partial charge in [-0.1, -0.05) is 39.0 Å². The first-order chi connectivity index (χ1) is 9.43. The Morgan fingerprint density at radius 1 is 1.10 bits per heavy atom. The molecule has 0 radical (unpaired) electrons. The van der Waals surface area contributed by atoms with Crippen LogP contribution in [0, 0.1) is 0 Å². The summed E-state index contributed by atoms with van der Waals surface area (Å²) < 4.78 is 36.6. The molecule has 5 nitrogen and oxygen atoms in total. The predicted octanol–water partition coefficient (Wildman–Crippen LogP) is 3.25. The molecule has 0 unspecified atom stereocenters. The smallest absolute Gasteiger partial charge is 0.294 e. The zero-order valence-corrected chi connectivity index (χ0v) is 12.7. The Kier molecular flexibility index (Phi) is 6.81. The van der Waals surface area contributed by atoms with Crippen LogP contribution in [0.5, 0.6) is 5.75 Å². The molecule has 3 N–H and O–H groups in total. The van der Waals surface area contributed by atoms with E-state index < -0.39 is 10.1 Å². The van der Waals surface area contributed by atoms with Crippen molar-refractivity contribution >= 4 is 15.8 Å². The number of benzene rings is 1. The largest absolute Gasteiger partial charge is 0.493 e. The minimum absolute atomic E-state index is 0.240. The molecule has 114 valence electrons. The summed E-state index contributed by atoms with van der Waals surface area (Å²) in [7, 11) is -4.25. The van der Waals surface area contributed by atoms with Crippen LogP contribution in [0.1, 0.15) is 45.4 Å². The first kappa shape index (κ1) is 16.8. The van der Waals surface area contributed by atoms with Gasteiger partial charge < -0.3 is 10.5 Å². The van der Waals surface area contributed by atoms with Crippen LogP contribution in [0.4, 0.5) is 5.69 Å². The van der Waals surface area contributed by atoms with Gasteiger partial charge in [0.25, 0.3) is 10.1 Å². The molecule has 0 saturated carbocycles. The predicted molar refractivity (Wildman–Crippen MR) is 79.5 cm³/mol. The molecular weight excluding hydrogens is 278 g/mol. The van der Waals surface area contributed by atoms with Gasteiger partial charge in [0, 0.05) is 17.8 Å². The van der Waals surface area contributed by atoms with Crippen molar-refractivity contribution in [1.29, 1.82) is 0 Å². The lowest BCUT2D eigenvalue weighted by Gasteiger charge is -2.08. The number of ether oxygens (including phenoxy) is 1. The molecule has 1 aromatic rings. The van der Waals surface area contributed by atoms with Gasteiger partial charge in [0.05, 0.1) is 11.5 Å². The van der Waals surface area contributed by atoms with Crippen molar-refractivity contribution in [2.45, 2.75) is 50.3 Å². The van der Waals surface area contributed by atoms with E-state index in [0.717, 1.165) is 12.8 Å². The average molecular weight is 301 g/mol. The maximum absolute atomic E-state index is 11.1. The molecule has 0 aromatic heterocycles. The van der Waals surface area contributed by atoms with Gasteiger partial charge in [-0.15, -0.1) is 0 Å². The highest BCUT2D eigenvalue weighted by Gasteiger charge is 2.12. The van der Waals surface area contributed by atoms with Gasteiger partial charge in [0.15, 0.2) is 0 Å². The van der Waals surface area contributed by atoms with E-state index in [0.29, 0.717) is 12.4 Å². The van der Waals surface area contributed by atoms with Crippen LogP contribution < -0.4 is 10.5 Å². The highest BCUT2D eigenvalue weighted by atomic mass is 32.2. The van der Waals surface area contributed by atoms with Crippen molar-refractivity contribution in [3.05, 3.63) is 18.2 Å². The molecule has 0 spiro atoms. The van der Waals surface area contributed by atoms with E-state index in [4.69, 9.17) is 15.0 Å². The first-order valence-corrected chi connectivity index (χ1v) is 8.38. The highest BCUT2D eigenvalue weighted by Crippen LogP contribution is 2.22. The van der Waals surface area contributed by atoms with Crippen LogP contribution in [0.3, 0.4) is 0 Å². The van der Waals surface area contributed by atoms with Gasteiger partial charge in [-0.25, -0.2) is 0 Å². The van der Waals surface area contributed by atoms with Crippen molar-refractivity contribution in [1.82, 2.24) is 0 Å². The van der Waals surface area contributed by atoms with E-state index >= 15 is 0 Å². The summed E-state index contributed by atoms with van der Waals surface area (Å²) in [6.07, 6.45) is 6.91. The van der Waals surface area contributed by atoms with Gasteiger partial charge in [-0.2, -0.15) is 8.42 Å². The van der Waals surface area contributed by atoms with Crippen molar-refractivity contribution in [2.24, 2.45) is 0 Å². The lowest BCUT2D eigenvalue weighted by atomic mass is 10.1. The fraction of sp³-hybridized carbons (Fsp3) is 0.571. The highest BCUT2D eigenvalue weighted by molar-refractivity contribution is 7.85. The fourth-order valence-corrected chi connectivity index (χ4v) is 2.45. The summed E-state index contributed by atoms with van der Waals surface area (Å²) in [5, 5.41) is 0. The van der Waals surface area contributed by atoms with Crippen molar-refractivity contribution in [3.63, 3.8) is 0 Å². The Balaban J connectivity index is 2.43. The van der Waals surface area contributed by atoms with Crippen LogP contribution in [0.15, 0.2) is 23.1 Å². The molecule has 0 amide bonds. The molecule has 0 atom stereocenters. The zero-order chi connectivity index (χ0) is 15.0. The van der Waals surface area contributed by atoms with Crippen molar-refractivity contribution < 1.29 is 17.7 Å². The van der Waals surface area contributed by atoms with Crippen LogP contribution in [-0.2, 0) is 10.1 Å². The SMILES string of the molecule is CCCCCCCCOc1cc(N)cc(S(=O)(=O)O)c1. The van der Waals surface area contributed by atoms with Crippen molar-refractivity contribution in [3.8, 4) is 5.75 Å².